The van der Waals surface area contributed by atoms with Gasteiger partial charge in [0.1, 0.15) is 0 Å². The highest BCUT2D eigenvalue weighted by molar-refractivity contribution is 5.82. The molecule has 6 nitrogen and oxygen atoms in total. The fraction of sp³-hybridized carbons (Fsp3) is 0.333. The normalized spacial score (nSPS) is 15.2. The summed E-state index contributed by atoms with van der Waals surface area (Å²) in [5.74, 6) is 1.43. The zero-order chi connectivity index (χ0) is 8.23. The maximum absolute atomic E-state index is 4.13. The number of hydrogen-bond donors (Lipinski definition) is 4. The molecular formula is C6H10N6. The highest BCUT2D eigenvalue weighted by Crippen LogP contribution is 1.91. The number of rotatable bonds is 2. The van der Waals surface area contributed by atoms with E-state index < -0.39 is 0 Å². The number of anilines is 1. The Bertz CT molecular complexity index is 264. The van der Waals surface area contributed by atoms with E-state index in [0.29, 0.717) is 5.95 Å². The largest absolute Gasteiger partial charge is 0.353 e. The van der Waals surface area contributed by atoms with Crippen LogP contribution in [0, 0.1) is 0 Å². The van der Waals surface area contributed by atoms with E-state index in [1.165, 1.54) is 0 Å². The average Bonchev–Trinajstić information content (AvgIpc) is 2.74. The maximum atomic E-state index is 4.13. The number of imidazole rings is 1. The smallest absolute Gasteiger partial charge is 0.219 e. The number of aromatic nitrogens is 2. The van der Waals surface area contributed by atoms with Crippen LogP contribution in [0.1, 0.15) is 0 Å². The number of nitrogens with one attached hydrogen (secondary N) is 4. The molecule has 6 heteroatoms. The van der Waals surface area contributed by atoms with Gasteiger partial charge >= 0.3 is 0 Å². The van der Waals surface area contributed by atoms with E-state index >= 15 is 0 Å². The van der Waals surface area contributed by atoms with Crippen molar-refractivity contribution in [2.24, 2.45) is 4.99 Å². The number of aliphatic imine (C=N–C) groups is 1. The van der Waals surface area contributed by atoms with Crippen LogP contribution in [0.4, 0.5) is 5.95 Å². The Balaban J connectivity index is 1.82. The van der Waals surface area contributed by atoms with E-state index in [-0.39, 0.29) is 0 Å². The fourth-order valence-electron chi connectivity index (χ4n) is 0.934. The predicted octanol–water partition coefficient (Wildman–Crippen LogP) is -0.715. The van der Waals surface area contributed by atoms with Gasteiger partial charge in [-0.15, -0.1) is 0 Å². The zero-order valence-corrected chi connectivity index (χ0v) is 6.46. The number of aromatic amines is 1. The molecule has 0 aromatic carbocycles. The number of hydrogen-bond acceptors (Lipinski definition) is 5. The zero-order valence-electron chi connectivity index (χ0n) is 6.46. The first-order valence-corrected chi connectivity index (χ1v) is 3.75. The minimum Gasteiger partial charge on any atom is -0.353 e. The highest BCUT2D eigenvalue weighted by Gasteiger charge is 2.02. The summed E-state index contributed by atoms with van der Waals surface area (Å²) in [5, 5.41) is 3.05. The van der Waals surface area contributed by atoms with Crippen LogP contribution in [0.3, 0.4) is 0 Å². The Hall–Kier alpha value is -1.72. The molecule has 64 valence electrons. The van der Waals surface area contributed by atoms with Gasteiger partial charge in [0.25, 0.3) is 0 Å². The van der Waals surface area contributed by atoms with Gasteiger partial charge in [0.15, 0.2) is 0 Å². The molecule has 12 heavy (non-hydrogen) atoms. The van der Waals surface area contributed by atoms with Crippen molar-refractivity contribution < 1.29 is 0 Å². The van der Waals surface area contributed by atoms with Crippen LogP contribution in [0.15, 0.2) is 17.4 Å². The van der Waals surface area contributed by atoms with Gasteiger partial charge < -0.3 is 10.3 Å². The Morgan fingerprint density at radius 2 is 2.42 bits per heavy atom. The lowest BCUT2D eigenvalue weighted by Crippen LogP contribution is -2.37. The second-order valence-electron chi connectivity index (χ2n) is 2.34. The summed E-state index contributed by atoms with van der Waals surface area (Å²) in [6, 6.07) is 0. The standard InChI is InChI=1S/C6H10N6/c1-2-8-5(7-1)11-12-6-9-3-4-10-6/h1-2H,3-4H2,(H2,7,8,11)(H2,9,10,12). The quantitative estimate of drug-likeness (QED) is 0.437. The number of H-pyrrole nitrogens is 1. The van der Waals surface area contributed by atoms with Crippen LogP contribution in [-0.4, -0.2) is 29.0 Å². The summed E-state index contributed by atoms with van der Waals surface area (Å²) in [6.45, 7) is 1.71. The number of hydrazine groups is 1. The molecule has 4 N–H and O–H groups in total. The molecule has 0 atom stereocenters. The summed E-state index contributed by atoms with van der Waals surface area (Å²) in [4.78, 5) is 11.0. The van der Waals surface area contributed by atoms with Gasteiger partial charge in [-0.25, -0.2) is 4.98 Å². The van der Waals surface area contributed by atoms with Crippen molar-refractivity contribution in [2.75, 3.05) is 18.5 Å². The molecule has 1 aliphatic heterocycles. The minimum absolute atomic E-state index is 0.673. The third-order valence-corrected chi connectivity index (χ3v) is 1.47. The van der Waals surface area contributed by atoms with Crippen LogP contribution in [-0.2, 0) is 0 Å². The summed E-state index contributed by atoms with van der Waals surface area (Å²) in [7, 11) is 0. The Kier molecular flexibility index (Phi) is 1.81. The second-order valence-corrected chi connectivity index (χ2v) is 2.34. The molecule has 2 heterocycles. The van der Waals surface area contributed by atoms with Crippen molar-refractivity contribution >= 4 is 11.9 Å². The van der Waals surface area contributed by atoms with E-state index in [0.717, 1.165) is 19.0 Å². The number of guanidine groups is 1. The molecule has 0 aliphatic carbocycles. The summed E-state index contributed by atoms with van der Waals surface area (Å²) >= 11 is 0. The van der Waals surface area contributed by atoms with Gasteiger partial charge in [-0.05, 0) is 0 Å². The van der Waals surface area contributed by atoms with Crippen molar-refractivity contribution in [1.29, 1.82) is 0 Å². The SMILES string of the molecule is c1c[nH]c(NNC2=NCCN2)n1. The molecule has 0 unspecified atom stereocenters. The molecule has 1 aliphatic rings. The third kappa shape index (κ3) is 1.47. The summed E-state index contributed by atoms with van der Waals surface area (Å²) in [6.07, 6.45) is 3.42. The second kappa shape index (κ2) is 3.12. The van der Waals surface area contributed by atoms with Crippen LogP contribution in [0.2, 0.25) is 0 Å². The van der Waals surface area contributed by atoms with Gasteiger partial charge in [0.2, 0.25) is 11.9 Å². The summed E-state index contributed by atoms with van der Waals surface area (Å²) < 4.78 is 0. The fourth-order valence-corrected chi connectivity index (χ4v) is 0.934. The average molecular weight is 166 g/mol. The topological polar surface area (TPSA) is 77.1 Å². The first-order valence-electron chi connectivity index (χ1n) is 3.75. The monoisotopic (exact) mass is 166 g/mol. The first kappa shape index (κ1) is 6.96. The van der Waals surface area contributed by atoms with Gasteiger partial charge in [-0.1, -0.05) is 0 Å². The van der Waals surface area contributed by atoms with Crippen LogP contribution < -0.4 is 16.2 Å². The lowest BCUT2D eigenvalue weighted by molar-refractivity contribution is 0.932. The van der Waals surface area contributed by atoms with Crippen LogP contribution in [0.25, 0.3) is 0 Å². The van der Waals surface area contributed by atoms with Crippen molar-refractivity contribution in [3.05, 3.63) is 12.4 Å². The van der Waals surface area contributed by atoms with E-state index in [4.69, 9.17) is 0 Å². The van der Waals surface area contributed by atoms with E-state index in [9.17, 15) is 0 Å². The summed E-state index contributed by atoms with van der Waals surface area (Å²) in [5.41, 5.74) is 5.74. The van der Waals surface area contributed by atoms with Crippen molar-refractivity contribution in [2.45, 2.75) is 0 Å². The Labute approximate surface area is 69.5 Å². The van der Waals surface area contributed by atoms with Crippen molar-refractivity contribution in [1.82, 2.24) is 20.7 Å². The van der Waals surface area contributed by atoms with E-state index in [1.54, 1.807) is 12.4 Å². The number of nitrogens with zero attached hydrogens (tertiary/aromatic N) is 2. The molecule has 1 aromatic rings. The first-order chi connectivity index (χ1) is 5.95. The lowest BCUT2D eigenvalue weighted by Gasteiger charge is -2.05. The van der Waals surface area contributed by atoms with Gasteiger partial charge in [0.05, 0.1) is 6.54 Å². The highest BCUT2D eigenvalue weighted by atomic mass is 15.5. The van der Waals surface area contributed by atoms with E-state index in [2.05, 4.69) is 31.1 Å². The maximum Gasteiger partial charge on any atom is 0.219 e. The molecule has 2 rings (SSSR count). The van der Waals surface area contributed by atoms with Crippen molar-refractivity contribution in [3.8, 4) is 0 Å². The van der Waals surface area contributed by atoms with E-state index in [1.807, 2.05) is 0 Å². The molecule has 0 fully saturated rings. The minimum atomic E-state index is 0.673. The Morgan fingerprint density at radius 1 is 1.42 bits per heavy atom. The molecule has 0 saturated carbocycles. The molecule has 0 radical (unpaired) electrons. The predicted molar refractivity (Wildman–Crippen MR) is 45.7 cm³/mol. The molecular weight excluding hydrogens is 156 g/mol. The van der Waals surface area contributed by atoms with Crippen LogP contribution in [0.5, 0.6) is 0 Å². The molecule has 0 bridgehead atoms. The third-order valence-electron chi connectivity index (χ3n) is 1.47. The van der Waals surface area contributed by atoms with Crippen molar-refractivity contribution in [3.63, 3.8) is 0 Å². The molecule has 0 spiro atoms. The Morgan fingerprint density at radius 3 is 3.08 bits per heavy atom. The van der Waals surface area contributed by atoms with Gasteiger partial charge in [-0.2, -0.15) is 0 Å². The van der Waals surface area contributed by atoms with Gasteiger partial charge in [0, 0.05) is 18.9 Å². The lowest BCUT2D eigenvalue weighted by atomic mass is 10.7. The molecule has 1 aromatic heterocycles. The van der Waals surface area contributed by atoms with Gasteiger partial charge in [-0.3, -0.25) is 15.8 Å². The molecule has 0 amide bonds. The van der Waals surface area contributed by atoms with Crippen LogP contribution >= 0.6 is 0 Å². The molecule has 0 saturated heterocycles.